The van der Waals surface area contributed by atoms with Crippen LogP contribution in [0.1, 0.15) is 22.5 Å². The Kier molecular flexibility index (Phi) is 5.94. The van der Waals surface area contributed by atoms with Crippen LogP contribution >= 0.6 is 23.7 Å². The van der Waals surface area contributed by atoms with Gasteiger partial charge in [-0.25, -0.2) is 4.39 Å². The lowest BCUT2D eigenvalue weighted by Gasteiger charge is -2.10. The van der Waals surface area contributed by atoms with Crippen molar-refractivity contribution in [1.82, 2.24) is 10.6 Å². The first kappa shape index (κ1) is 16.9. The highest BCUT2D eigenvalue weighted by Crippen LogP contribution is 2.28. The number of halogens is 2. The fourth-order valence-electron chi connectivity index (χ4n) is 2.46. The Bertz CT molecular complexity index is 623. The number of rotatable bonds is 4. The van der Waals surface area contributed by atoms with Crippen molar-refractivity contribution in [1.29, 1.82) is 0 Å². The molecule has 0 radical (unpaired) electrons. The van der Waals surface area contributed by atoms with Crippen LogP contribution in [0, 0.1) is 5.82 Å². The highest BCUT2D eigenvalue weighted by molar-refractivity contribution is 7.17. The average molecular weight is 341 g/mol. The summed E-state index contributed by atoms with van der Waals surface area (Å²) in [7, 11) is 0. The predicted molar refractivity (Wildman–Crippen MR) is 90.3 cm³/mol. The van der Waals surface area contributed by atoms with Gasteiger partial charge in [-0.2, -0.15) is 0 Å². The lowest BCUT2D eigenvalue weighted by atomic mass is 10.2. The van der Waals surface area contributed by atoms with Gasteiger partial charge in [0.15, 0.2) is 0 Å². The lowest BCUT2D eigenvalue weighted by Crippen LogP contribution is -2.36. The van der Waals surface area contributed by atoms with Crippen LogP contribution in [0.25, 0.3) is 10.4 Å². The maximum atomic E-state index is 12.9. The van der Waals surface area contributed by atoms with Crippen LogP contribution in [0.4, 0.5) is 4.39 Å². The Hall–Kier alpha value is -1.43. The summed E-state index contributed by atoms with van der Waals surface area (Å²) >= 11 is 1.43. The normalized spacial score (nSPS) is 17.0. The molecule has 1 atom stereocenters. The number of carbonyl (C=O) groups is 1. The quantitative estimate of drug-likeness (QED) is 0.895. The Morgan fingerprint density at radius 2 is 2.05 bits per heavy atom. The number of benzene rings is 1. The minimum absolute atomic E-state index is 0. The van der Waals surface area contributed by atoms with Crippen molar-refractivity contribution in [2.75, 3.05) is 13.1 Å². The van der Waals surface area contributed by atoms with Gasteiger partial charge >= 0.3 is 0 Å². The van der Waals surface area contributed by atoms with E-state index >= 15 is 0 Å². The molecule has 1 unspecified atom stereocenters. The van der Waals surface area contributed by atoms with E-state index in [1.807, 2.05) is 12.1 Å². The van der Waals surface area contributed by atoms with E-state index in [2.05, 4.69) is 10.6 Å². The summed E-state index contributed by atoms with van der Waals surface area (Å²) in [5, 5.41) is 6.32. The molecular weight excluding hydrogens is 323 g/mol. The zero-order chi connectivity index (χ0) is 14.7. The molecule has 1 aromatic carbocycles. The molecule has 1 amide bonds. The molecule has 118 valence electrons. The fourth-order valence-corrected chi connectivity index (χ4v) is 3.39. The summed E-state index contributed by atoms with van der Waals surface area (Å²) in [5.74, 6) is -0.292. The van der Waals surface area contributed by atoms with Crippen LogP contribution in [0.3, 0.4) is 0 Å². The number of nitrogens with one attached hydrogen (secondary N) is 2. The standard InChI is InChI=1S/C16H17FN2OS.ClH/c17-12-5-3-11(4-6-12)14-7-8-15(21-14)16(20)19-10-13-2-1-9-18-13;/h3-8,13,18H,1-2,9-10H2,(H,19,20);1H. The third-order valence-electron chi connectivity index (χ3n) is 3.63. The summed E-state index contributed by atoms with van der Waals surface area (Å²) < 4.78 is 12.9. The van der Waals surface area contributed by atoms with Gasteiger partial charge in [-0.3, -0.25) is 4.79 Å². The number of thiophene rings is 1. The third kappa shape index (κ3) is 4.06. The maximum absolute atomic E-state index is 12.9. The van der Waals surface area contributed by atoms with Gasteiger partial charge in [-0.1, -0.05) is 12.1 Å². The molecule has 0 bridgehead atoms. The molecule has 0 spiro atoms. The summed E-state index contributed by atoms with van der Waals surface area (Å²) in [6.45, 7) is 1.71. The van der Waals surface area contributed by atoms with E-state index < -0.39 is 0 Å². The zero-order valence-electron chi connectivity index (χ0n) is 12.0. The number of carbonyl (C=O) groups excluding carboxylic acids is 1. The zero-order valence-corrected chi connectivity index (χ0v) is 13.6. The van der Waals surface area contributed by atoms with Crippen molar-refractivity contribution in [3.63, 3.8) is 0 Å². The molecule has 1 fully saturated rings. The van der Waals surface area contributed by atoms with E-state index in [1.54, 1.807) is 12.1 Å². The van der Waals surface area contributed by atoms with E-state index in [4.69, 9.17) is 0 Å². The Morgan fingerprint density at radius 1 is 1.27 bits per heavy atom. The minimum atomic E-state index is -0.252. The van der Waals surface area contributed by atoms with Crippen LogP contribution in [0.15, 0.2) is 36.4 Å². The Morgan fingerprint density at radius 3 is 2.73 bits per heavy atom. The van der Waals surface area contributed by atoms with Crippen molar-refractivity contribution in [2.24, 2.45) is 0 Å². The first-order valence-electron chi connectivity index (χ1n) is 7.10. The topological polar surface area (TPSA) is 41.1 Å². The molecule has 2 heterocycles. The molecule has 0 saturated carbocycles. The van der Waals surface area contributed by atoms with Crippen LogP contribution in [0.5, 0.6) is 0 Å². The molecule has 6 heteroatoms. The fraction of sp³-hybridized carbons (Fsp3) is 0.312. The van der Waals surface area contributed by atoms with Gasteiger partial charge in [0.25, 0.3) is 5.91 Å². The van der Waals surface area contributed by atoms with Crippen LogP contribution in [-0.2, 0) is 0 Å². The molecular formula is C16H18ClFN2OS. The van der Waals surface area contributed by atoms with Crippen molar-refractivity contribution >= 4 is 29.7 Å². The number of hydrogen-bond donors (Lipinski definition) is 2. The molecule has 2 aromatic rings. The predicted octanol–water partition coefficient (Wildman–Crippen LogP) is 3.46. The number of amides is 1. The van der Waals surface area contributed by atoms with Crippen molar-refractivity contribution in [3.05, 3.63) is 47.1 Å². The van der Waals surface area contributed by atoms with E-state index in [0.29, 0.717) is 17.5 Å². The molecule has 2 N–H and O–H groups in total. The number of hydrogen-bond acceptors (Lipinski definition) is 3. The van der Waals surface area contributed by atoms with Gasteiger partial charge in [-0.15, -0.1) is 23.7 Å². The van der Waals surface area contributed by atoms with Gasteiger partial charge in [0, 0.05) is 17.5 Å². The summed E-state index contributed by atoms with van der Waals surface area (Å²) in [4.78, 5) is 13.8. The van der Waals surface area contributed by atoms with Crippen molar-refractivity contribution in [3.8, 4) is 10.4 Å². The third-order valence-corrected chi connectivity index (χ3v) is 4.76. The smallest absolute Gasteiger partial charge is 0.261 e. The first-order valence-corrected chi connectivity index (χ1v) is 7.91. The summed E-state index contributed by atoms with van der Waals surface area (Å²) in [6, 6.07) is 10.4. The largest absolute Gasteiger partial charge is 0.350 e. The van der Waals surface area contributed by atoms with E-state index in [-0.39, 0.29) is 24.1 Å². The Labute approximate surface area is 139 Å². The molecule has 1 aliphatic heterocycles. The van der Waals surface area contributed by atoms with Gasteiger partial charge in [0.1, 0.15) is 5.82 Å². The van der Waals surface area contributed by atoms with E-state index in [9.17, 15) is 9.18 Å². The second-order valence-corrected chi connectivity index (χ2v) is 6.26. The monoisotopic (exact) mass is 340 g/mol. The SMILES string of the molecule is Cl.O=C(NCC1CCCN1)c1ccc(-c2ccc(F)cc2)s1. The van der Waals surface area contributed by atoms with Gasteiger partial charge in [0.05, 0.1) is 4.88 Å². The summed E-state index contributed by atoms with van der Waals surface area (Å²) in [6.07, 6.45) is 2.29. The summed E-state index contributed by atoms with van der Waals surface area (Å²) in [5.41, 5.74) is 0.929. The second kappa shape index (κ2) is 7.72. The minimum Gasteiger partial charge on any atom is -0.350 e. The molecule has 0 aliphatic carbocycles. The van der Waals surface area contributed by atoms with Crippen LogP contribution in [0.2, 0.25) is 0 Å². The van der Waals surface area contributed by atoms with Gasteiger partial charge < -0.3 is 10.6 Å². The van der Waals surface area contributed by atoms with Crippen LogP contribution in [-0.4, -0.2) is 25.0 Å². The van der Waals surface area contributed by atoms with E-state index in [0.717, 1.165) is 23.4 Å². The second-order valence-electron chi connectivity index (χ2n) is 5.17. The molecule has 3 nitrogen and oxygen atoms in total. The molecule has 1 aliphatic rings. The Balaban J connectivity index is 0.00000176. The average Bonchev–Trinajstić information content (AvgIpc) is 3.17. The maximum Gasteiger partial charge on any atom is 0.261 e. The van der Waals surface area contributed by atoms with Gasteiger partial charge in [0.2, 0.25) is 0 Å². The van der Waals surface area contributed by atoms with Gasteiger partial charge in [-0.05, 0) is 49.2 Å². The first-order chi connectivity index (χ1) is 10.2. The molecule has 22 heavy (non-hydrogen) atoms. The molecule has 3 rings (SSSR count). The molecule has 1 saturated heterocycles. The lowest BCUT2D eigenvalue weighted by molar-refractivity contribution is 0.0954. The van der Waals surface area contributed by atoms with Crippen molar-refractivity contribution < 1.29 is 9.18 Å². The van der Waals surface area contributed by atoms with Crippen LogP contribution < -0.4 is 10.6 Å². The van der Waals surface area contributed by atoms with E-state index in [1.165, 1.54) is 29.9 Å². The molecule has 1 aromatic heterocycles. The van der Waals surface area contributed by atoms with Crippen molar-refractivity contribution in [2.45, 2.75) is 18.9 Å². The highest BCUT2D eigenvalue weighted by atomic mass is 35.5. The highest BCUT2D eigenvalue weighted by Gasteiger charge is 2.16.